The number of halogens is 1. The van der Waals surface area contributed by atoms with E-state index in [1.807, 2.05) is 0 Å². The molecule has 0 aliphatic heterocycles. The van der Waals surface area contributed by atoms with Gasteiger partial charge in [0.2, 0.25) is 5.91 Å². The van der Waals surface area contributed by atoms with Crippen molar-refractivity contribution in [3.63, 3.8) is 0 Å². The number of methoxy groups -OCH3 is 1. The molecule has 0 aliphatic rings. The first kappa shape index (κ1) is 17.9. The van der Waals surface area contributed by atoms with E-state index in [2.05, 4.69) is 15.4 Å². The molecule has 0 spiro atoms. The van der Waals surface area contributed by atoms with Crippen LogP contribution >= 0.6 is 23.8 Å². The van der Waals surface area contributed by atoms with Gasteiger partial charge in [0.25, 0.3) is 0 Å². The fraction of sp³-hybridized carbons (Fsp3) is 0.214. The predicted octanol–water partition coefficient (Wildman–Crippen LogP) is 2.28. The minimum absolute atomic E-state index is 0.0692. The van der Waals surface area contributed by atoms with Crippen molar-refractivity contribution in [3.05, 3.63) is 35.4 Å². The molecular weight excluding hydrogens is 328 g/mol. The Labute approximate surface area is 138 Å². The highest BCUT2D eigenvalue weighted by Crippen LogP contribution is 2.27. The van der Waals surface area contributed by atoms with E-state index in [1.165, 1.54) is 7.11 Å². The molecule has 118 valence electrons. The van der Waals surface area contributed by atoms with Gasteiger partial charge in [0.1, 0.15) is 5.75 Å². The third-order valence-corrected chi connectivity index (χ3v) is 2.80. The molecular formula is C14H15ClN2O4S. The first-order chi connectivity index (χ1) is 10.5. The van der Waals surface area contributed by atoms with E-state index in [4.69, 9.17) is 28.6 Å². The number of thiocarbonyl (C=S) groups is 1. The monoisotopic (exact) mass is 342 g/mol. The van der Waals surface area contributed by atoms with E-state index < -0.39 is 11.9 Å². The standard InChI is InChI=1S/C14H15ClN2O4S/c1-3-21-13(19)7-6-12(18)17-14(22)16-9-4-5-11(20-2)10(15)8-9/h4-8H,3H2,1-2H3,(H2,16,17,18,22)/b7-6+. The van der Waals surface area contributed by atoms with Crippen LogP contribution in [0, 0.1) is 0 Å². The lowest BCUT2D eigenvalue weighted by Crippen LogP contribution is -2.33. The van der Waals surface area contributed by atoms with Gasteiger partial charge in [-0.2, -0.15) is 0 Å². The number of rotatable bonds is 5. The number of ether oxygens (including phenoxy) is 2. The zero-order valence-electron chi connectivity index (χ0n) is 12.0. The molecule has 0 radical (unpaired) electrons. The van der Waals surface area contributed by atoms with Gasteiger partial charge in [0, 0.05) is 17.8 Å². The number of anilines is 1. The molecule has 1 aromatic carbocycles. The zero-order chi connectivity index (χ0) is 16.5. The Morgan fingerprint density at radius 3 is 2.68 bits per heavy atom. The molecule has 2 N–H and O–H groups in total. The summed E-state index contributed by atoms with van der Waals surface area (Å²) in [6, 6.07) is 4.96. The minimum atomic E-state index is -0.599. The van der Waals surface area contributed by atoms with Gasteiger partial charge in [-0.1, -0.05) is 11.6 Å². The lowest BCUT2D eigenvalue weighted by atomic mass is 10.3. The molecule has 8 heteroatoms. The second kappa shape index (κ2) is 9.01. The molecule has 0 unspecified atom stereocenters. The van der Waals surface area contributed by atoms with E-state index in [-0.39, 0.29) is 11.7 Å². The van der Waals surface area contributed by atoms with Gasteiger partial charge in [-0.05, 0) is 37.3 Å². The van der Waals surface area contributed by atoms with Crippen molar-refractivity contribution in [1.82, 2.24) is 5.32 Å². The van der Waals surface area contributed by atoms with Crippen LogP contribution in [0.3, 0.4) is 0 Å². The molecule has 0 heterocycles. The SMILES string of the molecule is CCOC(=O)/C=C/C(=O)NC(=S)Nc1ccc(OC)c(Cl)c1. The Morgan fingerprint density at radius 1 is 1.36 bits per heavy atom. The Hall–Kier alpha value is -2.12. The number of amides is 1. The average Bonchev–Trinajstić information content (AvgIpc) is 2.45. The fourth-order valence-corrected chi connectivity index (χ4v) is 1.87. The molecule has 1 aromatic rings. The summed E-state index contributed by atoms with van der Waals surface area (Å²) >= 11 is 11.0. The van der Waals surface area contributed by atoms with Gasteiger partial charge in [0.05, 0.1) is 18.7 Å². The molecule has 1 rings (SSSR count). The van der Waals surface area contributed by atoms with Crippen LogP contribution in [0.15, 0.2) is 30.4 Å². The van der Waals surface area contributed by atoms with E-state index in [0.29, 0.717) is 16.5 Å². The lowest BCUT2D eigenvalue weighted by molar-refractivity contribution is -0.137. The van der Waals surface area contributed by atoms with E-state index in [1.54, 1.807) is 25.1 Å². The summed E-state index contributed by atoms with van der Waals surface area (Å²) < 4.78 is 9.68. The molecule has 0 bridgehead atoms. The number of carbonyl (C=O) groups is 2. The van der Waals surface area contributed by atoms with E-state index in [0.717, 1.165) is 12.2 Å². The maximum absolute atomic E-state index is 11.5. The minimum Gasteiger partial charge on any atom is -0.495 e. The molecule has 1 amide bonds. The highest BCUT2D eigenvalue weighted by Gasteiger charge is 2.05. The average molecular weight is 343 g/mol. The van der Waals surface area contributed by atoms with Crippen molar-refractivity contribution >= 4 is 46.5 Å². The highest BCUT2D eigenvalue weighted by atomic mass is 35.5. The molecule has 0 saturated carbocycles. The van der Waals surface area contributed by atoms with Crippen molar-refractivity contribution in [3.8, 4) is 5.75 Å². The normalized spacial score (nSPS) is 10.1. The van der Waals surface area contributed by atoms with Crippen LogP contribution in [0.2, 0.25) is 5.02 Å². The van der Waals surface area contributed by atoms with Crippen LogP contribution in [0.5, 0.6) is 5.75 Å². The largest absolute Gasteiger partial charge is 0.495 e. The molecule has 0 aliphatic carbocycles. The summed E-state index contributed by atoms with van der Waals surface area (Å²) in [5.74, 6) is -0.622. The first-order valence-electron chi connectivity index (χ1n) is 6.26. The van der Waals surface area contributed by atoms with Crippen LogP contribution < -0.4 is 15.4 Å². The van der Waals surface area contributed by atoms with Crippen molar-refractivity contribution < 1.29 is 19.1 Å². The summed E-state index contributed by atoms with van der Waals surface area (Å²) in [5, 5.41) is 5.65. The third kappa shape index (κ3) is 6.11. The van der Waals surface area contributed by atoms with Crippen molar-refractivity contribution in [2.24, 2.45) is 0 Å². The third-order valence-electron chi connectivity index (χ3n) is 2.30. The molecule has 22 heavy (non-hydrogen) atoms. The lowest BCUT2D eigenvalue weighted by Gasteiger charge is -2.10. The second-order valence-corrected chi connectivity index (χ2v) is 4.69. The van der Waals surface area contributed by atoms with Gasteiger partial charge in [-0.15, -0.1) is 0 Å². The van der Waals surface area contributed by atoms with Gasteiger partial charge in [-0.25, -0.2) is 4.79 Å². The number of benzene rings is 1. The van der Waals surface area contributed by atoms with Crippen molar-refractivity contribution in [2.75, 3.05) is 19.0 Å². The maximum atomic E-state index is 11.5. The van der Waals surface area contributed by atoms with Gasteiger partial charge < -0.3 is 14.8 Å². The number of nitrogens with one attached hydrogen (secondary N) is 2. The molecule has 0 aromatic heterocycles. The smallest absolute Gasteiger partial charge is 0.330 e. The van der Waals surface area contributed by atoms with Crippen LogP contribution in [0.4, 0.5) is 5.69 Å². The second-order valence-electron chi connectivity index (χ2n) is 3.88. The summed E-state index contributed by atoms with van der Waals surface area (Å²) in [6.07, 6.45) is 2.05. The predicted molar refractivity (Wildman–Crippen MR) is 88.1 cm³/mol. The Morgan fingerprint density at radius 2 is 2.09 bits per heavy atom. The zero-order valence-corrected chi connectivity index (χ0v) is 13.6. The molecule has 0 atom stereocenters. The van der Waals surface area contributed by atoms with Gasteiger partial charge in [-0.3, -0.25) is 10.1 Å². The maximum Gasteiger partial charge on any atom is 0.330 e. The number of esters is 1. The first-order valence-corrected chi connectivity index (χ1v) is 7.05. The van der Waals surface area contributed by atoms with Crippen LogP contribution in [0.1, 0.15) is 6.92 Å². The van der Waals surface area contributed by atoms with Gasteiger partial charge in [0.15, 0.2) is 5.11 Å². The summed E-state index contributed by atoms with van der Waals surface area (Å²) in [6.45, 7) is 1.91. The number of hydrogen-bond acceptors (Lipinski definition) is 5. The summed E-state index contributed by atoms with van der Waals surface area (Å²) in [7, 11) is 1.51. The van der Waals surface area contributed by atoms with E-state index in [9.17, 15) is 9.59 Å². The molecule has 0 saturated heterocycles. The topological polar surface area (TPSA) is 76.7 Å². The van der Waals surface area contributed by atoms with Gasteiger partial charge >= 0.3 is 5.97 Å². The Kier molecular flexibility index (Phi) is 7.34. The fourth-order valence-electron chi connectivity index (χ4n) is 1.39. The number of hydrogen-bond donors (Lipinski definition) is 2. The molecule has 0 fully saturated rings. The van der Waals surface area contributed by atoms with Crippen LogP contribution in [-0.4, -0.2) is 30.7 Å². The quantitative estimate of drug-likeness (QED) is 0.485. The summed E-state index contributed by atoms with van der Waals surface area (Å²) in [5.41, 5.74) is 0.588. The molecule has 6 nitrogen and oxygen atoms in total. The van der Waals surface area contributed by atoms with E-state index >= 15 is 0 Å². The number of carbonyl (C=O) groups excluding carboxylic acids is 2. The Balaban J connectivity index is 2.54. The van der Waals surface area contributed by atoms with Crippen LogP contribution in [0.25, 0.3) is 0 Å². The highest BCUT2D eigenvalue weighted by molar-refractivity contribution is 7.80. The Bertz CT molecular complexity index is 605. The summed E-state index contributed by atoms with van der Waals surface area (Å²) in [4.78, 5) is 22.6. The van der Waals surface area contributed by atoms with Crippen LogP contribution in [-0.2, 0) is 14.3 Å². The van der Waals surface area contributed by atoms with Crippen molar-refractivity contribution in [2.45, 2.75) is 6.92 Å². The van der Waals surface area contributed by atoms with Crippen molar-refractivity contribution in [1.29, 1.82) is 0 Å².